The fraction of sp³-hybridized carbons (Fsp3) is 0.227. The number of nitrogens with one attached hydrogen (secondary N) is 1. The van der Waals surface area contributed by atoms with Gasteiger partial charge in [0.25, 0.3) is 0 Å². The van der Waals surface area contributed by atoms with Gasteiger partial charge in [0.15, 0.2) is 17.1 Å². The van der Waals surface area contributed by atoms with Crippen molar-refractivity contribution in [3.05, 3.63) is 78.6 Å². The van der Waals surface area contributed by atoms with Gasteiger partial charge in [0, 0.05) is 12.2 Å². The lowest BCUT2D eigenvalue weighted by Gasteiger charge is -2.15. The number of hydrogen-bond donors (Lipinski definition) is 1. The van der Waals surface area contributed by atoms with E-state index < -0.39 is 0 Å². The molecule has 0 bridgehead atoms. The highest BCUT2D eigenvalue weighted by Gasteiger charge is 2.19. The fourth-order valence-electron chi connectivity index (χ4n) is 2.81. The Morgan fingerprint density at radius 1 is 1.24 bits per heavy atom. The number of anilines is 1. The second kappa shape index (κ2) is 9.93. The average molecular weight is 409 g/mol. The van der Waals surface area contributed by atoms with Crippen LogP contribution < -0.4 is 10.1 Å². The number of allylic oxidation sites excluding steroid dienone is 1. The first-order valence-electron chi connectivity index (χ1n) is 9.32. The van der Waals surface area contributed by atoms with Gasteiger partial charge >= 0.3 is 0 Å². The molecule has 3 aromatic rings. The lowest BCUT2D eigenvalue weighted by molar-refractivity contribution is -0.113. The Balaban J connectivity index is 1.66. The van der Waals surface area contributed by atoms with Gasteiger partial charge in [-0.05, 0) is 43.7 Å². The number of para-hydroxylation sites is 1. The maximum atomic E-state index is 12.3. The number of aryl methyl sites for hydroxylation is 1. The molecule has 1 unspecified atom stereocenters. The van der Waals surface area contributed by atoms with E-state index in [2.05, 4.69) is 22.1 Å². The zero-order chi connectivity index (χ0) is 20.6. The number of carbonyl (C=O) groups is 1. The lowest BCUT2D eigenvalue weighted by atomic mass is 10.2. The smallest absolute Gasteiger partial charge is 0.234 e. The molecule has 150 valence electrons. The van der Waals surface area contributed by atoms with Gasteiger partial charge in [-0.25, -0.2) is 0 Å². The minimum absolute atomic E-state index is 0.0936. The molecule has 0 radical (unpaired) electrons. The number of benzene rings is 2. The van der Waals surface area contributed by atoms with E-state index in [0.717, 1.165) is 17.0 Å². The standard InChI is InChI=1S/C22H24N4O2S/c1-4-13-26-21(17(3)28-19-11-6-5-7-12-19)24-25-22(26)29-15-20(27)23-18-10-8-9-16(2)14-18/h4-12,14,17H,1,13,15H2,2-3H3,(H,23,27). The predicted molar refractivity (Wildman–Crippen MR) is 116 cm³/mol. The monoisotopic (exact) mass is 408 g/mol. The second-order valence-electron chi connectivity index (χ2n) is 6.52. The number of aromatic nitrogens is 3. The minimum Gasteiger partial charge on any atom is -0.483 e. The third-order valence-corrected chi connectivity index (χ3v) is 5.08. The number of rotatable bonds is 9. The summed E-state index contributed by atoms with van der Waals surface area (Å²) in [4.78, 5) is 12.3. The minimum atomic E-state index is -0.291. The molecule has 29 heavy (non-hydrogen) atoms. The summed E-state index contributed by atoms with van der Waals surface area (Å²) >= 11 is 1.34. The molecule has 1 atom stereocenters. The Morgan fingerprint density at radius 3 is 2.76 bits per heavy atom. The van der Waals surface area contributed by atoms with Crippen LogP contribution >= 0.6 is 11.8 Å². The van der Waals surface area contributed by atoms with Crippen LogP contribution in [0.3, 0.4) is 0 Å². The molecule has 1 amide bonds. The lowest BCUT2D eigenvalue weighted by Crippen LogP contribution is -2.15. The first-order chi connectivity index (χ1) is 14.1. The fourth-order valence-corrected chi connectivity index (χ4v) is 3.57. The first-order valence-corrected chi connectivity index (χ1v) is 10.3. The van der Waals surface area contributed by atoms with E-state index in [1.54, 1.807) is 6.08 Å². The number of thioether (sulfide) groups is 1. The van der Waals surface area contributed by atoms with Crippen LogP contribution in [0.2, 0.25) is 0 Å². The Labute approximate surface area is 175 Å². The molecule has 0 saturated carbocycles. The summed E-state index contributed by atoms with van der Waals surface area (Å²) in [5.41, 5.74) is 1.88. The van der Waals surface area contributed by atoms with E-state index in [4.69, 9.17) is 4.74 Å². The van der Waals surface area contributed by atoms with Gasteiger partial charge in [-0.3, -0.25) is 9.36 Å². The van der Waals surface area contributed by atoms with Crippen molar-refractivity contribution < 1.29 is 9.53 Å². The van der Waals surface area contributed by atoms with Crippen molar-refractivity contribution in [2.75, 3.05) is 11.1 Å². The zero-order valence-electron chi connectivity index (χ0n) is 16.5. The Morgan fingerprint density at radius 2 is 2.03 bits per heavy atom. The largest absolute Gasteiger partial charge is 0.483 e. The average Bonchev–Trinajstić information content (AvgIpc) is 3.10. The molecule has 0 spiro atoms. The van der Waals surface area contributed by atoms with E-state index in [9.17, 15) is 4.79 Å². The predicted octanol–water partition coefficient (Wildman–Crippen LogP) is 4.64. The third-order valence-electron chi connectivity index (χ3n) is 4.11. The normalized spacial score (nSPS) is 11.7. The van der Waals surface area contributed by atoms with E-state index in [1.807, 2.05) is 73.0 Å². The molecule has 1 N–H and O–H groups in total. The van der Waals surface area contributed by atoms with Gasteiger partial charge in [0.05, 0.1) is 5.75 Å². The molecule has 3 rings (SSSR count). The highest BCUT2D eigenvalue weighted by molar-refractivity contribution is 7.99. The third kappa shape index (κ3) is 5.71. The summed E-state index contributed by atoms with van der Waals surface area (Å²) in [5.74, 6) is 1.59. The van der Waals surface area contributed by atoms with Crippen molar-refractivity contribution in [3.63, 3.8) is 0 Å². The molecule has 0 aliphatic carbocycles. The maximum Gasteiger partial charge on any atom is 0.234 e. The Kier molecular flexibility index (Phi) is 7.08. The SMILES string of the molecule is C=CCn1c(SCC(=O)Nc2cccc(C)c2)nnc1C(C)Oc1ccccc1. The van der Waals surface area contributed by atoms with Gasteiger partial charge in [0.1, 0.15) is 5.75 Å². The first kappa shape index (κ1) is 20.7. The van der Waals surface area contributed by atoms with Crippen molar-refractivity contribution >= 4 is 23.4 Å². The maximum absolute atomic E-state index is 12.3. The Hall–Kier alpha value is -3.06. The summed E-state index contributed by atoms with van der Waals surface area (Å²) in [6.07, 6.45) is 1.49. The van der Waals surface area contributed by atoms with Crippen LogP contribution in [0.25, 0.3) is 0 Å². The quantitative estimate of drug-likeness (QED) is 0.412. The summed E-state index contributed by atoms with van der Waals surface area (Å²) in [6.45, 7) is 8.26. The van der Waals surface area contributed by atoms with Gasteiger partial charge in [0.2, 0.25) is 5.91 Å². The van der Waals surface area contributed by atoms with Crippen LogP contribution in [0.15, 0.2) is 72.4 Å². The van der Waals surface area contributed by atoms with Crippen molar-refractivity contribution in [1.29, 1.82) is 0 Å². The molecular weight excluding hydrogens is 384 g/mol. The second-order valence-corrected chi connectivity index (χ2v) is 7.46. The van der Waals surface area contributed by atoms with Crippen LogP contribution in [0, 0.1) is 6.92 Å². The van der Waals surface area contributed by atoms with E-state index >= 15 is 0 Å². The Bertz CT molecular complexity index is 972. The highest BCUT2D eigenvalue weighted by Crippen LogP contribution is 2.24. The highest BCUT2D eigenvalue weighted by atomic mass is 32.2. The molecular formula is C22H24N4O2S. The van der Waals surface area contributed by atoms with E-state index in [1.165, 1.54) is 11.8 Å². The summed E-state index contributed by atoms with van der Waals surface area (Å²) in [5, 5.41) is 12.1. The van der Waals surface area contributed by atoms with Gasteiger partial charge in [-0.15, -0.1) is 16.8 Å². The van der Waals surface area contributed by atoms with Crippen LogP contribution in [-0.4, -0.2) is 26.4 Å². The molecule has 1 heterocycles. The summed E-state index contributed by atoms with van der Waals surface area (Å²) < 4.78 is 7.89. The van der Waals surface area contributed by atoms with Crippen molar-refractivity contribution in [2.24, 2.45) is 0 Å². The van der Waals surface area contributed by atoms with Gasteiger partial charge < -0.3 is 10.1 Å². The molecule has 7 heteroatoms. The molecule has 2 aromatic carbocycles. The van der Waals surface area contributed by atoms with Crippen molar-refractivity contribution in [2.45, 2.75) is 31.7 Å². The van der Waals surface area contributed by atoms with E-state index in [0.29, 0.717) is 17.5 Å². The van der Waals surface area contributed by atoms with E-state index in [-0.39, 0.29) is 17.8 Å². The number of nitrogens with zero attached hydrogens (tertiary/aromatic N) is 3. The molecule has 1 aromatic heterocycles. The number of carbonyl (C=O) groups excluding carboxylic acids is 1. The molecule has 0 aliphatic heterocycles. The number of amides is 1. The number of hydrogen-bond acceptors (Lipinski definition) is 5. The molecule has 0 fully saturated rings. The molecule has 6 nitrogen and oxygen atoms in total. The topological polar surface area (TPSA) is 69.0 Å². The van der Waals surface area contributed by atoms with Crippen LogP contribution in [0.5, 0.6) is 5.75 Å². The van der Waals surface area contributed by atoms with Crippen LogP contribution in [0.4, 0.5) is 5.69 Å². The molecule has 0 aliphatic rings. The van der Waals surface area contributed by atoms with Crippen molar-refractivity contribution in [1.82, 2.24) is 14.8 Å². The summed E-state index contributed by atoms with van der Waals surface area (Å²) in [7, 11) is 0. The zero-order valence-corrected chi connectivity index (χ0v) is 17.4. The van der Waals surface area contributed by atoms with Crippen molar-refractivity contribution in [3.8, 4) is 5.75 Å². The van der Waals surface area contributed by atoms with Crippen LogP contribution in [-0.2, 0) is 11.3 Å². The summed E-state index contributed by atoms with van der Waals surface area (Å²) in [6, 6.07) is 17.3. The number of ether oxygens (including phenoxy) is 1. The van der Waals surface area contributed by atoms with Gasteiger partial charge in [-0.1, -0.05) is 48.2 Å². The van der Waals surface area contributed by atoms with Crippen LogP contribution in [0.1, 0.15) is 24.4 Å². The van der Waals surface area contributed by atoms with Gasteiger partial charge in [-0.2, -0.15) is 0 Å². The molecule has 0 saturated heterocycles.